The zero-order valence-corrected chi connectivity index (χ0v) is 13.0. The smallest absolute Gasteiger partial charge is 0.233 e. The first-order chi connectivity index (χ1) is 10.9. The zero-order valence-electron chi connectivity index (χ0n) is 11.5. The van der Waals surface area contributed by atoms with Gasteiger partial charge in [-0.05, 0) is 30.3 Å². The molecule has 0 aliphatic carbocycles. The average Bonchev–Trinajstić information content (AvgIpc) is 2.46. The Kier molecular flexibility index (Phi) is 5.52. The molecule has 2 amide bonds. The van der Waals surface area contributed by atoms with E-state index in [2.05, 4.69) is 5.32 Å². The van der Waals surface area contributed by atoms with Crippen LogP contribution < -0.4 is 10.6 Å². The van der Waals surface area contributed by atoms with Gasteiger partial charge in [-0.25, -0.2) is 8.78 Å². The third-order valence-electron chi connectivity index (χ3n) is 2.75. The fourth-order valence-corrected chi connectivity index (χ4v) is 2.19. The number of rotatable bonds is 4. The van der Waals surface area contributed by atoms with Crippen molar-refractivity contribution in [2.24, 2.45) is 0 Å². The van der Waals surface area contributed by atoms with Gasteiger partial charge in [-0.15, -0.1) is 0 Å². The molecule has 2 rings (SSSR count). The highest BCUT2D eigenvalue weighted by molar-refractivity contribution is 6.36. The first-order valence-corrected chi connectivity index (χ1v) is 7.11. The first kappa shape index (κ1) is 17.2. The highest BCUT2D eigenvalue weighted by Crippen LogP contribution is 2.25. The van der Waals surface area contributed by atoms with Crippen molar-refractivity contribution < 1.29 is 18.4 Å². The van der Waals surface area contributed by atoms with E-state index in [0.717, 1.165) is 18.2 Å². The standard InChI is InChI=1S/C15H10Cl2F2N2O2/c16-8-4-5-12(9(17)6-8)20-13(22)7-14(23)21-15-10(18)2-1-3-11(15)19/h1-6H,7H2,(H,20,22)(H,21,23). The molecule has 0 saturated carbocycles. The van der Waals surface area contributed by atoms with Gasteiger partial charge in [0.05, 0.1) is 10.7 Å². The number of benzene rings is 2. The summed E-state index contributed by atoms with van der Waals surface area (Å²) >= 11 is 11.6. The monoisotopic (exact) mass is 358 g/mol. The number of anilines is 2. The van der Waals surface area contributed by atoms with E-state index in [9.17, 15) is 18.4 Å². The summed E-state index contributed by atoms with van der Waals surface area (Å²) in [7, 11) is 0. The van der Waals surface area contributed by atoms with Crippen molar-refractivity contribution in [2.75, 3.05) is 10.6 Å². The van der Waals surface area contributed by atoms with E-state index in [1.165, 1.54) is 18.2 Å². The van der Waals surface area contributed by atoms with Gasteiger partial charge in [0.1, 0.15) is 23.7 Å². The Hall–Kier alpha value is -2.18. The molecule has 0 unspecified atom stereocenters. The molecule has 0 saturated heterocycles. The van der Waals surface area contributed by atoms with Gasteiger partial charge >= 0.3 is 0 Å². The van der Waals surface area contributed by atoms with Crippen LogP contribution in [0, 0.1) is 11.6 Å². The molecular weight excluding hydrogens is 349 g/mol. The maximum atomic E-state index is 13.4. The summed E-state index contributed by atoms with van der Waals surface area (Å²) in [5.41, 5.74) is -0.333. The van der Waals surface area contributed by atoms with Crippen molar-refractivity contribution >= 4 is 46.4 Å². The minimum Gasteiger partial charge on any atom is -0.324 e. The molecule has 0 radical (unpaired) electrons. The predicted molar refractivity (Wildman–Crippen MR) is 84.7 cm³/mol. The van der Waals surface area contributed by atoms with E-state index in [0.29, 0.717) is 5.02 Å². The molecule has 0 bridgehead atoms. The van der Waals surface area contributed by atoms with Crippen LogP contribution in [0.4, 0.5) is 20.2 Å². The minimum atomic E-state index is -0.931. The molecule has 0 aliphatic rings. The highest BCUT2D eigenvalue weighted by Gasteiger charge is 2.15. The second-order valence-electron chi connectivity index (χ2n) is 4.49. The largest absolute Gasteiger partial charge is 0.324 e. The summed E-state index contributed by atoms with van der Waals surface area (Å²) in [6, 6.07) is 7.55. The molecule has 2 aromatic rings. The van der Waals surface area contributed by atoms with Gasteiger partial charge in [-0.1, -0.05) is 29.3 Å². The van der Waals surface area contributed by atoms with Crippen molar-refractivity contribution in [1.29, 1.82) is 0 Å². The molecule has 120 valence electrons. The van der Waals surface area contributed by atoms with E-state index < -0.39 is 35.6 Å². The van der Waals surface area contributed by atoms with Crippen LogP contribution in [0.25, 0.3) is 0 Å². The molecule has 0 spiro atoms. The summed E-state index contributed by atoms with van der Waals surface area (Å²) < 4.78 is 26.8. The first-order valence-electron chi connectivity index (χ1n) is 6.35. The van der Waals surface area contributed by atoms with Crippen molar-refractivity contribution in [3.05, 3.63) is 58.1 Å². The second-order valence-corrected chi connectivity index (χ2v) is 5.34. The maximum absolute atomic E-state index is 13.4. The van der Waals surface area contributed by atoms with E-state index in [1.54, 1.807) is 0 Å². The summed E-state index contributed by atoms with van der Waals surface area (Å²) in [4.78, 5) is 23.5. The van der Waals surface area contributed by atoms with Crippen LogP contribution in [0.5, 0.6) is 0 Å². The van der Waals surface area contributed by atoms with Crippen LogP contribution in [0.15, 0.2) is 36.4 Å². The lowest BCUT2D eigenvalue weighted by molar-refractivity contribution is -0.123. The summed E-state index contributed by atoms with van der Waals surface area (Å²) in [5.74, 6) is -3.42. The summed E-state index contributed by atoms with van der Waals surface area (Å²) in [6.45, 7) is 0. The fourth-order valence-electron chi connectivity index (χ4n) is 1.73. The third kappa shape index (κ3) is 4.64. The van der Waals surface area contributed by atoms with Crippen LogP contribution in [0.3, 0.4) is 0 Å². The molecule has 4 nitrogen and oxygen atoms in total. The van der Waals surface area contributed by atoms with Crippen molar-refractivity contribution in [3.8, 4) is 0 Å². The van der Waals surface area contributed by atoms with Crippen LogP contribution in [-0.2, 0) is 9.59 Å². The van der Waals surface area contributed by atoms with Gasteiger partial charge in [0.25, 0.3) is 0 Å². The molecule has 2 aromatic carbocycles. The molecule has 2 N–H and O–H groups in total. The van der Waals surface area contributed by atoms with E-state index >= 15 is 0 Å². The molecule has 0 aliphatic heterocycles. The topological polar surface area (TPSA) is 58.2 Å². The Morgan fingerprint density at radius 1 is 0.957 bits per heavy atom. The van der Waals surface area contributed by atoms with E-state index in [4.69, 9.17) is 23.2 Å². The Labute approximate surface area is 140 Å². The lowest BCUT2D eigenvalue weighted by atomic mass is 10.2. The minimum absolute atomic E-state index is 0.200. The van der Waals surface area contributed by atoms with Crippen molar-refractivity contribution in [2.45, 2.75) is 6.42 Å². The number of hydrogen-bond acceptors (Lipinski definition) is 2. The highest BCUT2D eigenvalue weighted by atomic mass is 35.5. The van der Waals surface area contributed by atoms with Crippen LogP contribution in [0.2, 0.25) is 10.0 Å². The molecule has 0 fully saturated rings. The van der Waals surface area contributed by atoms with Gasteiger partial charge in [0, 0.05) is 5.02 Å². The summed E-state index contributed by atoms with van der Waals surface area (Å²) in [5, 5.41) is 5.01. The molecule has 23 heavy (non-hydrogen) atoms. The number of carbonyl (C=O) groups excluding carboxylic acids is 2. The molecule has 0 atom stereocenters. The lowest BCUT2D eigenvalue weighted by Crippen LogP contribution is -2.22. The van der Waals surface area contributed by atoms with Crippen LogP contribution >= 0.6 is 23.2 Å². The Balaban J connectivity index is 1.99. The van der Waals surface area contributed by atoms with Gasteiger partial charge in [-0.2, -0.15) is 0 Å². The Bertz CT molecular complexity index is 749. The number of halogens is 4. The Morgan fingerprint density at radius 3 is 2.17 bits per heavy atom. The van der Waals surface area contributed by atoms with Crippen molar-refractivity contribution in [3.63, 3.8) is 0 Å². The quantitative estimate of drug-likeness (QED) is 0.803. The molecule has 0 aromatic heterocycles. The number of amides is 2. The van der Waals surface area contributed by atoms with Crippen LogP contribution in [-0.4, -0.2) is 11.8 Å². The fraction of sp³-hybridized carbons (Fsp3) is 0.0667. The lowest BCUT2D eigenvalue weighted by Gasteiger charge is -2.09. The number of carbonyl (C=O) groups is 2. The summed E-state index contributed by atoms with van der Waals surface area (Å²) in [6.07, 6.45) is -0.632. The normalized spacial score (nSPS) is 10.3. The SMILES string of the molecule is O=C(CC(=O)Nc1c(F)cccc1F)Nc1ccc(Cl)cc1Cl. The van der Waals surface area contributed by atoms with Gasteiger partial charge < -0.3 is 10.6 Å². The predicted octanol–water partition coefficient (Wildman–Crippen LogP) is 4.24. The maximum Gasteiger partial charge on any atom is 0.233 e. The van der Waals surface area contributed by atoms with Gasteiger partial charge in [-0.3, -0.25) is 9.59 Å². The molecular formula is C15H10Cl2F2N2O2. The average molecular weight is 359 g/mol. The number of para-hydroxylation sites is 1. The zero-order chi connectivity index (χ0) is 17.0. The van der Waals surface area contributed by atoms with E-state index in [1.807, 2.05) is 5.32 Å². The van der Waals surface area contributed by atoms with Crippen molar-refractivity contribution in [1.82, 2.24) is 0 Å². The van der Waals surface area contributed by atoms with Gasteiger partial charge in [0.2, 0.25) is 11.8 Å². The Morgan fingerprint density at radius 2 is 1.57 bits per heavy atom. The third-order valence-corrected chi connectivity index (χ3v) is 3.30. The number of nitrogens with one attached hydrogen (secondary N) is 2. The van der Waals surface area contributed by atoms with Gasteiger partial charge in [0.15, 0.2) is 0 Å². The molecule has 0 heterocycles. The number of hydrogen-bond donors (Lipinski definition) is 2. The van der Waals surface area contributed by atoms with E-state index in [-0.39, 0.29) is 10.7 Å². The second kappa shape index (κ2) is 7.39. The van der Waals surface area contributed by atoms with Crippen LogP contribution in [0.1, 0.15) is 6.42 Å². The molecule has 8 heteroatoms.